The second kappa shape index (κ2) is 5.95. The van der Waals surface area contributed by atoms with Gasteiger partial charge in [-0.3, -0.25) is 0 Å². The van der Waals surface area contributed by atoms with E-state index in [-0.39, 0.29) is 5.11 Å². The Bertz CT molecular complexity index is 828. The maximum atomic E-state index is 5.48. The lowest BCUT2D eigenvalue weighted by Gasteiger charge is -2.03. The van der Waals surface area contributed by atoms with E-state index in [1.165, 1.54) is 0 Å². The van der Waals surface area contributed by atoms with Crippen LogP contribution in [0.15, 0.2) is 53.1 Å². The Morgan fingerprint density at radius 3 is 2.68 bits per heavy atom. The number of hydrogen-bond donors (Lipinski definition) is 2. The summed E-state index contributed by atoms with van der Waals surface area (Å²) in [5, 5.41) is 7.13. The third kappa shape index (κ3) is 3.12. The van der Waals surface area contributed by atoms with Gasteiger partial charge in [0.05, 0.1) is 0 Å². The predicted octanol–water partition coefficient (Wildman–Crippen LogP) is 3.37. The average Bonchev–Trinajstić information content (AvgIpc) is 2.97. The fourth-order valence-corrected chi connectivity index (χ4v) is 2.23. The molecule has 0 fully saturated rings. The molecule has 110 valence electrons. The van der Waals surface area contributed by atoms with Crippen molar-refractivity contribution < 1.29 is 4.52 Å². The van der Waals surface area contributed by atoms with Crippen molar-refractivity contribution in [3.05, 3.63) is 54.1 Å². The van der Waals surface area contributed by atoms with Gasteiger partial charge < -0.3 is 15.6 Å². The number of nitrogens with zero attached hydrogens (tertiary/aromatic N) is 2. The number of anilines is 1. The summed E-state index contributed by atoms with van der Waals surface area (Å²) < 4.78 is 5.35. The van der Waals surface area contributed by atoms with Crippen LogP contribution < -0.4 is 11.1 Å². The molecule has 3 N–H and O–H groups in total. The molecular weight excluding hydrogens is 296 g/mol. The van der Waals surface area contributed by atoms with Crippen molar-refractivity contribution in [3.8, 4) is 22.8 Å². The van der Waals surface area contributed by atoms with E-state index in [9.17, 15) is 0 Å². The predicted molar refractivity (Wildman–Crippen MR) is 90.3 cm³/mol. The molecule has 0 spiro atoms. The van der Waals surface area contributed by atoms with E-state index in [0.717, 1.165) is 22.4 Å². The van der Waals surface area contributed by atoms with Gasteiger partial charge in [-0.05, 0) is 43.4 Å². The highest BCUT2D eigenvalue weighted by atomic mass is 32.1. The molecular formula is C16H14N4OS. The molecule has 0 aliphatic carbocycles. The number of nitrogens with two attached hydrogens (primary N) is 1. The molecule has 3 rings (SSSR count). The Morgan fingerprint density at radius 1 is 1.14 bits per heavy atom. The van der Waals surface area contributed by atoms with Crippen molar-refractivity contribution in [2.75, 3.05) is 5.32 Å². The van der Waals surface area contributed by atoms with E-state index in [0.29, 0.717) is 11.7 Å². The lowest BCUT2D eigenvalue weighted by atomic mass is 10.1. The van der Waals surface area contributed by atoms with E-state index in [4.69, 9.17) is 22.5 Å². The number of hydrogen-bond acceptors (Lipinski definition) is 4. The number of thiocarbonyl (C=S) groups is 1. The topological polar surface area (TPSA) is 77.0 Å². The van der Waals surface area contributed by atoms with Crippen LogP contribution in [-0.2, 0) is 0 Å². The lowest BCUT2D eigenvalue weighted by Crippen LogP contribution is -2.18. The summed E-state index contributed by atoms with van der Waals surface area (Å²) in [6.45, 7) is 2.02. The first-order chi connectivity index (χ1) is 10.6. The average molecular weight is 310 g/mol. The normalized spacial score (nSPS) is 10.4. The summed E-state index contributed by atoms with van der Waals surface area (Å²) in [5.74, 6) is 1.01. The highest BCUT2D eigenvalue weighted by Gasteiger charge is 2.11. The summed E-state index contributed by atoms with van der Waals surface area (Å²) in [6, 6.07) is 15.4. The first-order valence-corrected chi connectivity index (χ1v) is 7.10. The van der Waals surface area contributed by atoms with Crippen LogP contribution in [-0.4, -0.2) is 15.3 Å². The van der Waals surface area contributed by atoms with Gasteiger partial charge >= 0.3 is 0 Å². The zero-order valence-electron chi connectivity index (χ0n) is 11.9. The van der Waals surface area contributed by atoms with Crippen LogP contribution in [0.4, 0.5) is 5.69 Å². The first kappa shape index (κ1) is 14.2. The van der Waals surface area contributed by atoms with Crippen molar-refractivity contribution in [1.29, 1.82) is 0 Å². The molecule has 0 unspecified atom stereocenters. The minimum absolute atomic E-state index is 0.211. The Kier molecular flexibility index (Phi) is 3.84. The molecule has 5 nitrogen and oxygen atoms in total. The van der Waals surface area contributed by atoms with Gasteiger partial charge in [-0.1, -0.05) is 35.0 Å². The molecule has 0 saturated heterocycles. The summed E-state index contributed by atoms with van der Waals surface area (Å²) >= 11 is 4.83. The van der Waals surface area contributed by atoms with Gasteiger partial charge in [0.15, 0.2) is 5.11 Å². The van der Waals surface area contributed by atoms with Crippen LogP contribution in [0.5, 0.6) is 0 Å². The smallest absolute Gasteiger partial charge is 0.258 e. The van der Waals surface area contributed by atoms with Crippen LogP contribution in [0.25, 0.3) is 22.8 Å². The van der Waals surface area contributed by atoms with Crippen LogP contribution in [0, 0.1) is 6.92 Å². The van der Waals surface area contributed by atoms with Gasteiger partial charge in [0, 0.05) is 16.8 Å². The largest absolute Gasteiger partial charge is 0.376 e. The molecule has 2 aromatic carbocycles. The summed E-state index contributed by atoms with van der Waals surface area (Å²) in [4.78, 5) is 4.44. The van der Waals surface area contributed by atoms with Gasteiger partial charge in [0.1, 0.15) is 0 Å². The maximum Gasteiger partial charge on any atom is 0.258 e. The van der Waals surface area contributed by atoms with Crippen molar-refractivity contribution >= 4 is 23.0 Å². The van der Waals surface area contributed by atoms with E-state index in [2.05, 4.69) is 15.5 Å². The van der Waals surface area contributed by atoms with E-state index < -0.39 is 0 Å². The Labute approximate surface area is 133 Å². The Balaban J connectivity index is 1.92. The van der Waals surface area contributed by atoms with E-state index >= 15 is 0 Å². The van der Waals surface area contributed by atoms with Gasteiger partial charge in [-0.2, -0.15) is 4.98 Å². The van der Waals surface area contributed by atoms with E-state index in [1.54, 1.807) is 0 Å². The van der Waals surface area contributed by atoms with Crippen molar-refractivity contribution in [2.45, 2.75) is 6.92 Å². The third-order valence-electron chi connectivity index (χ3n) is 3.08. The second-order valence-corrected chi connectivity index (χ2v) is 5.30. The standard InChI is InChI=1S/C16H14N4OS/c1-10-4-2-5-11(8-10)14-19-15(21-20-14)12-6-3-7-13(9-12)18-16(17)22/h2-9H,1H3,(H3,17,18,22). The third-order valence-corrected chi connectivity index (χ3v) is 3.18. The monoisotopic (exact) mass is 310 g/mol. The summed E-state index contributed by atoms with van der Waals surface area (Å²) in [7, 11) is 0. The van der Waals surface area contributed by atoms with Crippen LogP contribution in [0.3, 0.4) is 0 Å². The van der Waals surface area contributed by atoms with Crippen LogP contribution in [0.1, 0.15) is 5.56 Å². The highest BCUT2D eigenvalue weighted by Crippen LogP contribution is 2.24. The fourth-order valence-electron chi connectivity index (χ4n) is 2.11. The minimum Gasteiger partial charge on any atom is -0.376 e. The second-order valence-electron chi connectivity index (χ2n) is 4.86. The highest BCUT2D eigenvalue weighted by molar-refractivity contribution is 7.80. The number of aryl methyl sites for hydroxylation is 1. The van der Waals surface area contributed by atoms with E-state index in [1.807, 2.05) is 55.5 Å². The van der Waals surface area contributed by atoms with Crippen LogP contribution >= 0.6 is 12.2 Å². The molecule has 0 amide bonds. The van der Waals surface area contributed by atoms with Crippen LogP contribution in [0.2, 0.25) is 0 Å². The number of benzene rings is 2. The minimum atomic E-state index is 0.211. The molecule has 1 aromatic heterocycles. The van der Waals surface area contributed by atoms with Crippen molar-refractivity contribution in [1.82, 2.24) is 10.1 Å². The Hall–Kier alpha value is -2.73. The van der Waals surface area contributed by atoms with Gasteiger partial charge in [-0.15, -0.1) is 0 Å². The lowest BCUT2D eigenvalue weighted by molar-refractivity contribution is 0.432. The summed E-state index contributed by atoms with van der Waals surface area (Å²) in [6.07, 6.45) is 0. The Morgan fingerprint density at radius 2 is 1.91 bits per heavy atom. The molecule has 0 bridgehead atoms. The van der Waals surface area contributed by atoms with Crippen molar-refractivity contribution in [3.63, 3.8) is 0 Å². The molecule has 1 heterocycles. The molecule has 6 heteroatoms. The maximum absolute atomic E-state index is 5.48. The number of rotatable bonds is 3. The van der Waals surface area contributed by atoms with Gasteiger partial charge in [0.25, 0.3) is 5.89 Å². The molecule has 0 atom stereocenters. The van der Waals surface area contributed by atoms with Gasteiger partial charge in [0.2, 0.25) is 5.82 Å². The molecule has 3 aromatic rings. The first-order valence-electron chi connectivity index (χ1n) is 6.69. The van der Waals surface area contributed by atoms with Crippen molar-refractivity contribution in [2.24, 2.45) is 5.73 Å². The zero-order chi connectivity index (χ0) is 15.5. The number of aromatic nitrogens is 2. The molecule has 0 saturated carbocycles. The molecule has 0 aliphatic rings. The molecule has 0 radical (unpaired) electrons. The zero-order valence-corrected chi connectivity index (χ0v) is 12.7. The molecule has 22 heavy (non-hydrogen) atoms. The van der Waals surface area contributed by atoms with Gasteiger partial charge in [-0.25, -0.2) is 0 Å². The fraction of sp³-hybridized carbons (Fsp3) is 0.0625. The summed E-state index contributed by atoms with van der Waals surface area (Å²) in [5.41, 5.74) is 9.12. The molecule has 0 aliphatic heterocycles. The SMILES string of the molecule is Cc1cccc(-c2noc(-c3cccc(NC(N)=S)c3)n2)c1. The quantitative estimate of drug-likeness (QED) is 0.722. The number of nitrogens with one attached hydrogen (secondary N) is 1.